The van der Waals surface area contributed by atoms with E-state index in [0.717, 1.165) is 36.3 Å². The molecular weight excluding hydrogens is 334 g/mol. The maximum atomic E-state index is 6.51. The smallest absolute Gasteiger partial charge is 0.104 e. The number of aromatic amines is 1. The van der Waals surface area contributed by atoms with Gasteiger partial charge in [0.2, 0.25) is 0 Å². The third-order valence-corrected chi connectivity index (χ3v) is 5.58. The van der Waals surface area contributed by atoms with E-state index in [9.17, 15) is 0 Å². The Morgan fingerprint density at radius 3 is 2.41 bits per heavy atom. The van der Waals surface area contributed by atoms with E-state index in [4.69, 9.17) is 17.3 Å². The van der Waals surface area contributed by atoms with E-state index in [1.165, 1.54) is 30.4 Å². The molecule has 0 atom stereocenters. The number of nitrogens with two attached hydrogens (primary N) is 3. The van der Waals surface area contributed by atoms with Crippen molar-refractivity contribution < 1.29 is 0 Å². The van der Waals surface area contributed by atoms with Crippen molar-refractivity contribution in [2.45, 2.75) is 59.3 Å². The third-order valence-electron chi connectivity index (χ3n) is 5.58. The summed E-state index contributed by atoms with van der Waals surface area (Å²) in [4.78, 5) is 3.43. The summed E-state index contributed by atoms with van der Waals surface area (Å²) in [6.45, 7) is 14.4. The van der Waals surface area contributed by atoms with Crippen molar-refractivity contribution in [3.05, 3.63) is 59.3 Å². The number of hydrogen-bond donors (Lipinski definition) is 4. The Morgan fingerprint density at radius 1 is 1.26 bits per heavy atom. The molecule has 1 aromatic rings. The first-order valence-electron chi connectivity index (χ1n) is 9.85. The van der Waals surface area contributed by atoms with E-state index in [0.29, 0.717) is 23.0 Å². The van der Waals surface area contributed by atoms with Crippen LogP contribution in [0.3, 0.4) is 0 Å². The summed E-state index contributed by atoms with van der Waals surface area (Å²) in [6.07, 6.45) is 8.88. The second-order valence-electron chi connectivity index (χ2n) is 7.39. The van der Waals surface area contributed by atoms with Gasteiger partial charge in [-0.1, -0.05) is 45.4 Å². The van der Waals surface area contributed by atoms with Crippen LogP contribution in [0, 0.1) is 5.92 Å². The van der Waals surface area contributed by atoms with Crippen LogP contribution >= 0.6 is 0 Å². The lowest BCUT2D eigenvalue weighted by Gasteiger charge is -2.32. The third kappa shape index (κ3) is 4.48. The molecule has 148 valence electrons. The molecule has 0 unspecified atom stereocenters. The van der Waals surface area contributed by atoms with E-state index in [1.54, 1.807) is 5.01 Å². The summed E-state index contributed by atoms with van der Waals surface area (Å²) in [5, 5.41) is 1.54. The highest BCUT2D eigenvalue weighted by molar-refractivity contribution is 5.72. The predicted octanol–water partition coefficient (Wildman–Crippen LogP) is 4.37. The zero-order chi connectivity index (χ0) is 20.1. The summed E-state index contributed by atoms with van der Waals surface area (Å²) in [5.41, 5.74) is 19.1. The van der Waals surface area contributed by atoms with Crippen molar-refractivity contribution >= 4 is 11.3 Å². The maximum Gasteiger partial charge on any atom is 0.104 e. The van der Waals surface area contributed by atoms with Crippen molar-refractivity contribution in [3.63, 3.8) is 0 Å². The summed E-state index contributed by atoms with van der Waals surface area (Å²) < 4.78 is 0. The molecule has 0 bridgehead atoms. The normalized spacial score (nSPS) is 16.8. The Hall–Kier alpha value is -2.40. The topological polar surface area (TPSA) is 97.1 Å². The van der Waals surface area contributed by atoms with Gasteiger partial charge in [-0.25, -0.2) is 5.84 Å². The highest BCUT2D eigenvalue weighted by atomic mass is 15.4. The van der Waals surface area contributed by atoms with Gasteiger partial charge in [0, 0.05) is 17.3 Å². The molecule has 1 aliphatic carbocycles. The van der Waals surface area contributed by atoms with Crippen molar-refractivity contribution in [2.75, 3.05) is 0 Å². The van der Waals surface area contributed by atoms with E-state index in [-0.39, 0.29) is 0 Å². The van der Waals surface area contributed by atoms with Crippen molar-refractivity contribution in [3.8, 4) is 0 Å². The number of aromatic nitrogens is 1. The standard InChI is InChI=1S/C22H35N5/c1-6-14(3)21-17(7-2)13-19(26-21)20(24)22(15(4)23)27(25)16(5)18-11-9-8-10-12-18/h6,13,18,26H,4-5,7-12,23-25H2,1-3H3/b14-6-,22-20-. The monoisotopic (exact) mass is 369 g/mol. The minimum absolute atomic E-state index is 0.337. The maximum absolute atomic E-state index is 6.51. The number of hydrazine groups is 1. The van der Waals surface area contributed by atoms with Crippen molar-refractivity contribution in [2.24, 2.45) is 23.2 Å². The van der Waals surface area contributed by atoms with Gasteiger partial charge in [0.15, 0.2) is 0 Å². The highest BCUT2D eigenvalue weighted by Crippen LogP contribution is 2.33. The van der Waals surface area contributed by atoms with Gasteiger partial charge in [0.25, 0.3) is 0 Å². The van der Waals surface area contributed by atoms with Crippen LogP contribution in [-0.4, -0.2) is 9.99 Å². The summed E-state index contributed by atoms with van der Waals surface area (Å²) in [5.74, 6) is 6.79. The first kappa shape index (κ1) is 20.9. The number of hydrogen-bond acceptors (Lipinski definition) is 4. The van der Waals surface area contributed by atoms with Gasteiger partial charge in [-0.15, -0.1) is 0 Å². The van der Waals surface area contributed by atoms with Crippen LogP contribution in [0.2, 0.25) is 0 Å². The molecule has 1 heterocycles. The van der Waals surface area contributed by atoms with E-state index < -0.39 is 0 Å². The Kier molecular flexibility index (Phi) is 6.97. The summed E-state index contributed by atoms with van der Waals surface area (Å²) >= 11 is 0. The molecule has 2 rings (SSSR count). The van der Waals surface area contributed by atoms with Crippen molar-refractivity contribution in [1.29, 1.82) is 0 Å². The SMILES string of the molecule is C=C(N)/C(=C(/N)c1cc(CC)c(/C(C)=C\C)[nH]1)N(N)C(=C)C1CCCCC1. The van der Waals surface area contributed by atoms with Gasteiger partial charge < -0.3 is 16.5 Å². The number of nitrogens with one attached hydrogen (secondary N) is 1. The lowest BCUT2D eigenvalue weighted by atomic mass is 9.87. The fourth-order valence-corrected chi connectivity index (χ4v) is 3.78. The summed E-state index contributed by atoms with van der Waals surface area (Å²) in [7, 11) is 0. The van der Waals surface area contributed by atoms with E-state index >= 15 is 0 Å². The molecule has 0 saturated heterocycles. The average molecular weight is 370 g/mol. The largest absolute Gasteiger partial charge is 0.397 e. The first-order chi connectivity index (χ1) is 12.8. The minimum Gasteiger partial charge on any atom is -0.397 e. The lowest BCUT2D eigenvalue weighted by molar-refractivity contribution is 0.318. The molecule has 5 heteroatoms. The van der Waals surface area contributed by atoms with Crippen LogP contribution in [0.4, 0.5) is 0 Å². The number of aryl methyl sites for hydroxylation is 1. The fourth-order valence-electron chi connectivity index (χ4n) is 3.78. The number of nitrogens with zero attached hydrogens (tertiary/aromatic N) is 1. The Labute approximate surface area is 163 Å². The van der Waals surface area contributed by atoms with Crippen LogP contribution in [0.15, 0.2) is 42.4 Å². The number of allylic oxidation sites excluding steroid dienone is 3. The summed E-state index contributed by atoms with van der Waals surface area (Å²) in [6, 6.07) is 2.07. The van der Waals surface area contributed by atoms with Crippen LogP contribution < -0.4 is 17.3 Å². The van der Waals surface area contributed by atoms with E-state index in [1.807, 2.05) is 6.92 Å². The minimum atomic E-state index is 0.337. The Morgan fingerprint density at radius 2 is 1.89 bits per heavy atom. The Bertz CT molecular complexity index is 760. The van der Waals surface area contributed by atoms with Gasteiger partial charge in [0.05, 0.1) is 17.1 Å². The molecule has 0 spiro atoms. The molecule has 27 heavy (non-hydrogen) atoms. The molecule has 7 N–H and O–H groups in total. The van der Waals surface area contributed by atoms with E-state index in [2.05, 4.69) is 44.1 Å². The molecule has 0 aliphatic heterocycles. The number of rotatable bonds is 7. The van der Waals surface area contributed by atoms with Crippen LogP contribution in [0.1, 0.15) is 69.8 Å². The molecular formula is C22H35N5. The average Bonchev–Trinajstić information content (AvgIpc) is 3.11. The molecule has 1 fully saturated rings. The van der Waals surface area contributed by atoms with Crippen LogP contribution in [-0.2, 0) is 6.42 Å². The van der Waals surface area contributed by atoms with Gasteiger partial charge in [0.1, 0.15) is 5.70 Å². The molecule has 0 aromatic carbocycles. The molecule has 1 aliphatic rings. The zero-order valence-corrected chi connectivity index (χ0v) is 17.1. The van der Waals surface area contributed by atoms with Crippen molar-refractivity contribution in [1.82, 2.24) is 9.99 Å². The predicted molar refractivity (Wildman–Crippen MR) is 116 cm³/mol. The molecule has 5 nitrogen and oxygen atoms in total. The molecule has 0 amide bonds. The van der Waals surface area contributed by atoms with Gasteiger partial charge >= 0.3 is 0 Å². The quantitative estimate of drug-likeness (QED) is 0.326. The second kappa shape index (κ2) is 9.00. The number of H-pyrrole nitrogens is 1. The fraction of sp³-hybridized carbons (Fsp3) is 0.455. The molecule has 0 radical (unpaired) electrons. The first-order valence-corrected chi connectivity index (χ1v) is 9.85. The van der Waals surface area contributed by atoms with Gasteiger partial charge in [-0.05, 0) is 50.3 Å². The lowest BCUT2D eigenvalue weighted by Crippen LogP contribution is -2.36. The van der Waals surface area contributed by atoms with Gasteiger partial charge in [-0.3, -0.25) is 5.01 Å². The zero-order valence-electron chi connectivity index (χ0n) is 17.1. The molecule has 1 aromatic heterocycles. The van der Waals surface area contributed by atoms with Crippen LogP contribution in [0.25, 0.3) is 11.3 Å². The van der Waals surface area contributed by atoms with Gasteiger partial charge in [-0.2, -0.15) is 0 Å². The second-order valence-corrected chi connectivity index (χ2v) is 7.39. The van der Waals surface area contributed by atoms with Crippen LogP contribution in [0.5, 0.6) is 0 Å². The highest BCUT2D eigenvalue weighted by Gasteiger charge is 2.24. The molecule has 1 saturated carbocycles. The Balaban J connectivity index is 2.44.